The average molecular weight is 442 g/mol. The predicted octanol–water partition coefficient (Wildman–Crippen LogP) is 5.34. The molecule has 5 heteroatoms. The molecule has 0 bridgehead atoms. The Hall–Kier alpha value is -3.60. The first-order valence-electron chi connectivity index (χ1n) is 11.6. The summed E-state index contributed by atoms with van der Waals surface area (Å²) in [6, 6.07) is 26.5. The molecule has 3 aromatic carbocycles. The van der Waals surface area contributed by atoms with Crippen molar-refractivity contribution in [2.45, 2.75) is 39.2 Å². The largest absolute Gasteiger partial charge is 0.484 e. The standard InChI is InChI=1S/C28H31N3O2/c1-21(2)23-16-14-22(15-17-23)19-31-26-12-7-6-11-25(26)30-27(31)13-8-18-29-28(32)20-33-24-9-4-3-5-10-24/h3-7,9-12,14-17,21H,8,13,18-20H2,1-2H3,(H,29,32). The Morgan fingerprint density at radius 2 is 1.70 bits per heavy atom. The van der Waals surface area contributed by atoms with Gasteiger partial charge in [0.1, 0.15) is 11.6 Å². The highest BCUT2D eigenvalue weighted by molar-refractivity contribution is 5.77. The number of aryl methyl sites for hydroxylation is 1. The van der Waals surface area contributed by atoms with Crippen LogP contribution < -0.4 is 10.1 Å². The van der Waals surface area contributed by atoms with Crippen LogP contribution in [0.4, 0.5) is 0 Å². The summed E-state index contributed by atoms with van der Waals surface area (Å²) in [6.07, 6.45) is 1.60. The molecule has 1 aromatic heterocycles. The fraction of sp³-hybridized carbons (Fsp3) is 0.286. The van der Waals surface area contributed by atoms with E-state index in [9.17, 15) is 4.79 Å². The van der Waals surface area contributed by atoms with E-state index in [2.05, 4.69) is 66.2 Å². The maximum Gasteiger partial charge on any atom is 0.257 e. The quantitative estimate of drug-likeness (QED) is 0.338. The third-order valence-electron chi connectivity index (χ3n) is 5.73. The Balaban J connectivity index is 1.35. The van der Waals surface area contributed by atoms with E-state index in [0.717, 1.165) is 36.2 Å². The van der Waals surface area contributed by atoms with Gasteiger partial charge in [-0.25, -0.2) is 4.98 Å². The van der Waals surface area contributed by atoms with Crippen molar-refractivity contribution >= 4 is 16.9 Å². The Labute approximate surface area is 195 Å². The number of nitrogens with zero attached hydrogens (tertiary/aromatic N) is 2. The number of carbonyl (C=O) groups is 1. The van der Waals surface area contributed by atoms with E-state index < -0.39 is 0 Å². The van der Waals surface area contributed by atoms with E-state index in [4.69, 9.17) is 9.72 Å². The molecule has 33 heavy (non-hydrogen) atoms. The molecular weight excluding hydrogens is 410 g/mol. The highest BCUT2D eigenvalue weighted by Crippen LogP contribution is 2.20. The van der Waals surface area contributed by atoms with Gasteiger partial charge in [-0.3, -0.25) is 4.79 Å². The minimum Gasteiger partial charge on any atom is -0.484 e. The number of para-hydroxylation sites is 3. The summed E-state index contributed by atoms with van der Waals surface area (Å²) >= 11 is 0. The van der Waals surface area contributed by atoms with Crippen molar-refractivity contribution in [1.82, 2.24) is 14.9 Å². The molecule has 0 unspecified atom stereocenters. The van der Waals surface area contributed by atoms with Crippen molar-refractivity contribution in [1.29, 1.82) is 0 Å². The first kappa shape index (κ1) is 22.6. The van der Waals surface area contributed by atoms with Crippen LogP contribution in [-0.2, 0) is 17.8 Å². The number of ether oxygens (including phenoxy) is 1. The number of fused-ring (bicyclic) bond motifs is 1. The van der Waals surface area contributed by atoms with Crippen molar-refractivity contribution in [3.05, 3.63) is 95.8 Å². The van der Waals surface area contributed by atoms with E-state index in [0.29, 0.717) is 18.2 Å². The summed E-state index contributed by atoms with van der Waals surface area (Å²) in [4.78, 5) is 17.0. The number of amides is 1. The van der Waals surface area contributed by atoms with Crippen LogP contribution in [0.3, 0.4) is 0 Å². The summed E-state index contributed by atoms with van der Waals surface area (Å²) < 4.78 is 7.79. The van der Waals surface area contributed by atoms with Gasteiger partial charge in [0.2, 0.25) is 0 Å². The fourth-order valence-corrected chi connectivity index (χ4v) is 3.87. The minimum atomic E-state index is -0.113. The lowest BCUT2D eigenvalue weighted by atomic mass is 10.0. The molecule has 4 rings (SSSR count). The molecule has 1 heterocycles. The van der Waals surface area contributed by atoms with Crippen LogP contribution in [0.15, 0.2) is 78.9 Å². The number of nitrogens with one attached hydrogen (secondary N) is 1. The number of aromatic nitrogens is 2. The monoisotopic (exact) mass is 441 g/mol. The molecule has 1 amide bonds. The summed E-state index contributed by atoms with van der Waals surface area (Å²) in [5.74, 6) is 2.15. The smallest absolute Gasteiger partial charge is 0.257 e. The molecule has 0 aliphatic heterocycles. The lowest BCUT2D eigenvalue weighted by Crippen LogP contribution is -2.30. The third kappa shape index (κ3) is 6.01. The number of rotatable bonds is 10. The van der Waals surface area contributed by atoms with Crippen molar-refractivity contribution < 1.29 is 9.53 Å². The van der Waals surface area contributed by atoms with E-state index in [1.807, 2.05) is 36.4 Å². The zero-order valence-corrected chi connectivity index (χ0v) is 19.3. The fourth-order valence-electron chi connectivity index (χ4n) is 3.87. The molecule has 0 atom stereocenters. The second-order valence-corrected chi connectivity index (χ2v) is 8.55. The molecule has 1 N–H and O–H groups in total. The van der Waals surface area contributed by atoms with Crippen molar-refractivity contribution in [3.63, 3.8) is 0 Å². The summed E-state index contributed by atoms with van der Waals surface area (Å²) in [7, 11) is 0. The second kappa shape index (κ2) is 10.8. The van der Waals surface area contributed by atoms with Gasteiger partial charge in [0.25, 0.3) is 5.91 Å². The van der Waals surface area contributed by atoms with Gasteiger partial charge in [0.15, 0.2) is 6.61 Å². The zero-order valence-electron chi connectivity index (χ0n) is 19.3. The molecule has 4 aromatic rings. The van der Waals surface area contributed by atoms with Crippen molar-refractivity contribution in [2.24, 2.45) is 0 Å². The second-order valence-electron chi connectivity index (χ2n) is 8.55. The predicted molar refractivity (Wildman–Crippen MR) is 133 cm³/mol. The van der Waals surface area contributed by atoms with E-state index in [1.54, 1.807) is 0 Å². The van der Waals surface area contributed by atoms with Crippen molar-refractivity contribution in [3.8, 4) is 5.75 Å². The molecule has 0 saturated carbocycles. The molecule has 0 fully saturated rings. The lowest BCUT2D eigenvalue weighted by Gasteiger charge is -2.12. The molecule has 0 aliphatic rings. The molecule has 5 nitrogen and oxygen atoms in total. The molecule has 0 radical (unpaired) electrons. The van der Waals surface area contributed by atoms with Crippen LogP contribution in [0.2, 0.25) is 0 Å². The molecule has 0 spiro atoms. The summed E-state index contributed by atoms with van der Waals surface area (Å²) in [6.45, 7) is 5.82. The summed E-state index contributed by atoms with van der Waals surface area (Å²) in [5.41, 5.74) is 4.75. The Morgan fingerprint density at radius 3 is 2.45 bits per heavy atom. The van der Waals surface area contributed by atoms with Gasteiger partial charge in [-0.1, -0.05) is 68.4 Å². The van der Waals surface area contributed by atoms with Crippen LogP contribution in [-0.4, -0.2) is 28.6 Å². The van der Waals surface area contributed by atoms with Gasteiger partial charge in [-0.05, 0) is 47.7 Å². The first-order valence-corrected chi connectivity index (χ1v) is 11.6. The van der Waals surface area contributed by atoms with Gasteiger partial charge in [-0.2, -0.15) is 0 Å². The SMILES string of the molecule is CC(C)c1ccc(Cn2c(CCCNC(=O)COc3ccccc3)nc3ccccc32)cc1. The number of imidazole rings is 1. The van der Waals surface area contributed by atoms with E-state index >= 15 is 0 Å². The van der Waals surface area contributed by atoms with Crippen LogP contribution in [0.1, 0.15) is 43.1 Å². The van der Waals surface area contributed by atoms with Gasteiger partial charge in [0, 0.05) is 19.5 Å². The molecule has 0 saturated heterocycles. The molecular formula is C28H31N3O2. The van der Waals surface area contributed by atoms with Crippen LogP contribution in [0.5, 0.6) is 5.75 Å². The Kier molecular flexibility index (Phi) is 7.40. The number of carbonyl (C=O) groups excluding carboxylic acids is 1. The number of benzene rings is 3. The highest BCUT2D eigenvalue weighted by Gasteiger charge is 2.11. The summed E-state index contributed by atoms with van der Waals surface area (Å²) in [5, 5.41) is 2.94. The van der Waals surface area contributed by atoms with Crippen LogP contribution in [0.25, 0.3) is 11.0 Å². The van der Waals surface area contributed by atoms with Gasteiger partial charge >= 0.3 is 0 Å². The Bertz CT molecular complexity index is 1180. The molecule has 0 aliphatic carbocycles. The van der Waals surface area contributed by atoms with Crippen molar-refractivity contribution in [2.75, 3.05) is 13.2 Å². The number of hydrogen-bond acceptors (Lipinski definition) is 3. The average Bonchev–Trinajstić information content (AvgIpc) is 3.18. The van der Waals surface area contributed by atoms with Gasteiger partial charge < -0.3 is 14.6 Å². The number of hydrogen-bond donors (Lipinski definition) is 1. The normalized spacial score (nSPS) is 11.1. The zero-order chi connectivity index (χ0) is 23.0. The lowest BCUT2D eigenvalue weighted by molar-refractivity contribution is -0.123. The van der Waals surface area contributed by atoms with Gasteiger partial charge in [0.05, 0.1) is 11.0 Å². The minimum absolute atomic E-state index is 0.0227. The Morgan fingerprint density at radius 1 is 0.970 bits per heavy atom. The topological polar surface area (TPSA) is 56.2 Å². The maximum atomic E-state index is 12.1. The van der Waals surface area contributed by atoms with E-state index in [1.165, 1.54) is 11.1 Å². The van der Waals surface area contributed by atoms with Crippen LogP contribution >= 0.6 is 0 Å². The first-order chi connectivity index (χ1) is 16.1. The third-order valence-corrected chi connectivity index (χ3v) is 5.73. The molecule has 170 valence electrons. The van der Waals surface area contributed by atoms with Gasteiger partial charge in [-0.15, -0.1) is 0 Å². The van der Waals surface area contributed by atoms with E-state index in [-0.39, 0.29) is 12.5 Å². The van der Waals surface area contributed by atoms with Crippen LogP contribution in [0, 0.1) is 0 Å². The maximum absolute atomic E-state index is 12.1. The highest BCUT2D eigenvalue weighted by atomic mass is 16.5.